The fraction of sp³-hybridized carbons (Fsp3) is 0.194. The molecular weight excluding hydrogens is 478 g/mol. The zero-order valence-corrected chi connectivity index (χ0v) is 21.8. The van der Waals surface area contributed by atoms with E-state index < -0.39 is 17.9 Å². The lowest BCUT2D eigenvalue weighted by atomic mass is 9.80. The van der Waals surface area contributed by atoms with Gasteiger partial charge in [0.05, 0.1) is 42.3 Å². The first-order valence-electron chi connectivity index (χ1n) is 12.4. The van der Waals surface area contributed by atoms with Crippen LogP contribution in [0.3, 0.4) is 0 Å². The van der Waals surface area contributed by atoms with Crippen LogP contribution >= 0.6 is 0 Å². The van der Waals surface area contributed by atoms with Crippen molar-refractivity contribution in [3.63, 3.8) is 0 Å². The Morgan fingerprint density at radius 1 is 0.763 bits per heavy atom. The monoisotopic (exact) mass is 507 g/mol. The first-order valence-corrected chi connectivity index (χ1v) is 12.4. The van der Waals surface area contributed by atoms with Crippen LogP contribution in [0, 0.1) is 0 Å². The molecule has 2 heterocycles. The highest BCUT2D eigenvalue weighted by molar-refractivity contribution is 5.99. The summed E-state index contributed by atoms with van der Waals surface area (Å²) in [7, 11) is 2.71. The minimum Gasteiger partial charge on any atom is -0.466 e. The molecule has 1 aromatic heterocycles. The number of hydrogen-bond acceptors (Lipinski definition) is 6. The van der Waals surface area contributed by atoms with Gasteiger partial charge < -0.3 is 18.9 Å². The van der Waals surface area contributed by atoms with Gasteiger partial charge >= 0.3 is 11.9 Å². The average Bonchev–Trinajstić information content (AvgIpc) is 3.33. The molecule has 5 rings (SSSR count). The zero-order chi connectivity index (χ0) is 26.8. The van der Waals surface area contributed by atoms with Crippen LogP contribution in [0.5, 0.6) is 0 Å². The van der Waals surface area contributed by atoms with Crippen LogP contribution in [0.15, 0.2) is 107 Å². The van der Waals surface area contributed by atoms with Crippen LogP contribution in [0.1, 0.15) is 25.3 Å². The number of imidazole rings is 1. The van der Waals surface area contributed by atoms with Crippen molar-refractivity contribution in [2.75, 3.05) is 14.2 Å². The van der Waals surface area contributed by atoms with Crippen molar-refractivity contribution in [2.24, 2.45) is 0 Å². The second kappa shape index (κ2) is 10.4. The van der Waals surface area contributed by atoms with Crippen LogP contribution in [-0.2, 0) is 25.7 Å². The standard InChI is InChI=1S/C31H29N3O4/c1-20-26(30(35)37-3)28(22-13-7-5-8-14-22)27(31(36)38-4)21(2)33(20)19-34-25-18-12-11-17-24(25)32-29(34)23-15-9-6-10-16-23/h5-18,28H,19H2,1-4H3. The maximum absolute atomic E-state index is 13.3. The molecule has 7 heteroatoms. The minimum absolute atomic E-state index is 0.324. The van der Waals surface area contributed by atoms with Crippen molar-refractivity contribution in [1.29, 1.82) is 0 Å². The molecule has 0 bridgehead atoms. The number of aromatic nitrogens is 2. The van der Waals surface area contributed by atoms with Gasteiger partial charge in [-0.3, -0.25) is 0 Å². The summed E-state index contributed by atoms with van der Waals surface area (Å²) >= 11 is 0. The van der Waals surface area contributed by atoms with Gasteiger partial charge in [0.25, 0.3) is 0 Å². The van der Waals surface area contributed by atoms with E-state index in [-0.39, 0.29) is 0 Å². The number of esters is 2. The van der Waals surface area contributed by atoms with Gasteiger partial charge in [0.15, 0.2) is 0 Å². The number of carbonyl (C=O) groups excluding carboxylic acids is 2. The van der Waals surface area contributed by atoms with E-state index in [4.69, 9.17) is 14.5 Å². The second-order valence-electron chi connectivity index (χ2n) is 9.11. The summed E-state index contributed by atoms with van der Waals surface area (Å²) < 4.78 is 12.6. The third kappa shape index (κ3) is 4.26. The predicted octanol–water partition coefficient (Wildman–Crippen LogP) is 5.65. The van der Waals surface area contributed by atoms with Gasteiger partial charge in [-0.25, -0.2) is 14.6 Å². The van der Waals surface area contributed by atoms with Gasteiger partial charge in [0, 0.05) is 17.0 Å². The van der Waals surface area contributed by atoms with E-state index >= 15 is 0 Å². The fourth-order valence-corrected chi connectivity index (χ4v) is 5.21. The first kappa shape index (κ1) is 25.0. The van der Waals surface area contributed by atoms with Crippen LogP contribution in [0.25, 0.3) is 22.4 Å². The van der Waals surface area contributed by atoms with Gasteiger partial charge in [-0.05, 0) is 31.5 Å². The summed E-state index contributed by atoms with van der Waals surface area (Å²) in [4.78, 5) is 33.4. The number of rotatable bonds is 6. The van der Waals surface area contributed by atoms with Crippen LogP contribution in [0.4, 0.5) is 0 Å². The number of methoxy groups -OCH3 is 2. The van der Waals surface area contributed by atoms with Crippen molar-refractivity contribution in [3.05, 3.63) is 113 Å². The molecule has 0 amide bonds. The summed E-state index contributed by atoms with van der Waals surface area (Å²) in [6, 6.07) is 27.4. The quantitative estimate of drug-likeness (QED) is 0.314. The Labute approximate surface area is 221 Å². The number of nitrogens with zero attached hydrogens (tertiary/aromatic N) is 3. The topological polar surface area (TPSA) is 73.7 Å². The summed E-state index contributed by atoms with van der Waals surface area (Å²) in [6.45, 7) is 4.10. The molecule has 0 unspecified atom stereocenters. The maximum Gasteiger partial charge on any atom is 0.336 e. The highest BCUT2D eigenvalue weighted by Crippen LogP contribution is 2.43. The molecule has 0 atom stereocenters. The second-order valence-corrected chi connectivity index (χ2v) is 9.11. The molecule has 0 radical (unpaired) electrons. The first-order chi connectivity index (χ1) is 18.5. The smallest absolute Gasteiger partial charge is 0.336 e. The highest BCUT2D eigenvalue weighted by Gasteiger charge is 2.40. The fourth-order valence-electron chi connectivity index (χ4n) is 5.21. The average molecular weight is 508 g/mol. The lowest BCUT2D eigenvalue weighted by molar-refractivity contribution is -0.137. The highest BCUT2D eigenvalue weighted by atomic mass is 16.5. The number of benzene rings is 3. The molecule has 0 spiro atoms. The number of carbonyl (C=O) groups is 2. The molecule has 0 N–H and O–H groups in total. The molecule has 3 aromatic carbocycles. The van der Waals surface area contributed by atoms with Gasteiger partial charge in [0.2, 0.25) is 0 Å². The van der Waals surface area contributed by atoms with E-state index in [9.17, 15) is 9.59 Å². The van der Waals surface area contributed by atoms with Gasteiger partial charge in [-0.2, -0.15) is 0 Å². The van der Waals surface area contributed by atoms with E-state index in [0.717, 1.165) is 28.0 Å². The Kier molecular flexibility index (Phi) is 6.83. The number of ether oxygens (including phenoxy) is 2. The number of allylic oxidation sites excluding steroid dienone is 2. The summed E-state index contributed by atoms with van der Waals surface area (Å²) in [5.74, 6) is -0.819. The van der Waals surface area contributed by atoms with Crippen LogP contribution in [0.2, 0.25) is 0 Å². The Morgan fingerprint density at radius 2 is 1.29 bits per heavy atom. The summed E-state index contributed by atoms with van der Waals surface area (Å²) in [5.41, 5.74) is 5.77. The Balaban J connectivity index is 1.73. The molecule has 38 heavy (non-hydrogen) atoms. The molecule has 192 valence electrons. The van der Waals surface area contributed by atoms with Gasteiger partial charge in [0.1, 0.15) is 12.5 Å². The minimum atomic E-state index is -0.625. The zero-order valence-electron chi connectivity index (χ0n) is 21.8. The van der Waals surface area contributed by atoms with Crippen molar-refractivity contribution < 1.29 is 19.1 Å². The predicted molar refractivity (Wildman–Crippen MR) is 146 cm³/mol. The molecule has 0 aliphatic carbocycles. The Hall–Kier alpha value is -4.65. The maximum atomic E-state index is 13.3. The molecule has 1 aliphatic heterocycles. The van der Waals surface area contributed by atoms with Gasteiger partial charge in [-0.15, -0.1) is 0 Å². The van der Waals surface area contributed by atoms with Gasteiger partial charge in [-0.1, -0.05) is 72.8 Å². The largest absolute Gasteiger partial charge is 0.466 e. The molecule has 0 saturated heterocycles. The van der Waals surface area contributed by atoms with Crippen LogP contribution in [-0.4, -0.2) is 40.6 Å². The number of hydrogen-bond donors (Lipinski definition) is 0. The van der Waals surface area contributed by atoms with E-state index in [1.165, 1.54) is 14.2 Å². The molecule has 7 nitrogen and oxygen atoms in total. The SMILES string of the molecule is COC(=O)C1=C(C)N(Cn2c(-c3ccccc3)nc3ccccc32)C(C)=C(C(=O)OC)C1c1ccccc1. The van der Waals surface area contributed by atoms with Crippen molar-refractivity contribution >= 4 is 23.0 Å². The van der Waals surface area contributed by atoms with Crippen LogP contribution < -0.4 is 0 Å². The molecule has 4 aromatic rings. The normalized spacial score (nSPS) is 14.3. The van der Waals surface area contributed by atoms with Crippen molar-refractivity contribution in [3.8, 4) is 11.4 Å². The molecule has 0 fully saturated rings. The number of fused-ring (bicyclic) bond motifs is 1. The molecular formula is C31H29N3O4. The van der Waals surface area contributed by atoms with E-state index in [1.807, 2.05) is 104 Å². The lowest BCUT2D eigenvalue weighted by Gasteiger charge is -2.38. The molecule has 0 saturated carbocycles. The van der Waals surface area contributed by atoms with E-state index in [0.29, 0.717) is 29.2 Å². The summed E-state index contributed by atoms with van der Waals surface area (Å²) in [6.07, 6.45) is 0. The third-order valence-corrected chi connectivity index (χ3v) is 7.08. The lowest BCUT2D eigenvalue weighted by Crippen LogP contribution is -2.36. The van der Waals surface area contributed by atoms with Crippen molar-refractivity contribution in [2.45, 2.75) is 26.4 Å². The van der Waals surface area contributed by atoms with Crippen molar-refractivity contribution in [1.82, 2.24) is 14.5 Å². The van der Waals surface area contributed by atoms with E-state index in [2.05, 4.69) is 4.57 Å². The third-order valence-electron chi connectivity index (χ3n) is 7.08. The van der Waals surface area contributed by atoms with E-state index in [1.54, 1.807) is 0 Å². The Bertz CT molecular complexity index is 1530. The number of para-hydroxylation sites is 2. The summed E-state index contributed by atoms with van der Waals surface area (Å²) in [5, 5.41) is 0. The molecule has 1 aliphatic rings. The Morgan fingerprint density at radius 3 is 1.87 bits per heavy atom.